The van der Waals surface area contributed by atoms with Crippen molar-refractivity contribution in [3.05, 3.63) is 48.5 Å². The van der Waals surface area contributed by atoms with Gasteiger partial charge in [-0.3, -0.25) is 0 Å². The number of carbonyl (C=O) groups is 2. The summed E-state index contributed by atoms with van der Waals surface area (Å²) < 4.78 is 12.6. The Morgan fingerprint density at radius 2 is 1.02 bits per heavy atom. The van der Waals surface area contributed by atoms with E-state index in [1.165, 1.54) is 22.7 Å². The van der Waals surface area contributed by atoms with E-state index in [1.807, 2.05) is 48.5 Å². The van der Waals surface area contributed by atoms with Gasteiger partial charge in [-0.2, -0.15) is 0 Å². The Kier molecular flexibility index (Phi) is 19.0. The van der Waals surface area contributed by atoms with Gasteiger partial charge in [-0.1, -0.05) is 74.6 Å². The number of carbonyl (C=O) groups excluding carboxylic acids is 2. The quantitative estimate of drug-likeness (QED) is 0.237. The summed E-state index contributed by atoms with van der Waals surface area (Å²) in [7, 11) is 0. The van der Waals surface area contributed by atoms with E-state index in [1.54, 1.807) is 0 Å². The number of nitrogens with zero attached hydrogens (tertiary/aromatic N) is 2. The summed E-state index contributed by atoms with van der Waals surface area (Å²) >= 11 is 12.6. The predicted octanol–water partition coefficient (Wildman–Crippen LogP) is 2.83. The Labute approximate surface area is 276 Å². The highest BCUT2D eigenvalue weighted by molar-refractivity contribution is 7.80. The summed E-state index contributed by atoms with van der Waals surface area (Å²) in [5, 5.41) is 21.8. The Balaban J connectivity index is 0.000000338. The highest BCUT2D eigenvalue weighted by Gasteiger charge is 2.08. The molecule has 0 aliphatic carbocycles. The molecule has 0 aliphatic heterocycles. The fourth-order valence-electron chi connectivity index (χ4n) is 2.49. The molecule has 0 amide bonds. The number of fused-ring (bicyclic) bond motifs is 2. The van der Waals surface area contributed by atoms with E-state index in [4.69, 9.17) is 33.9 Å². The molecular weight excluding hydrogens is 641 g/mol. The number of thiocarbonyl (C=S) groups is 2. The molecule has 4 aromatic rings. The lowest BCUT2D eigenvalue weighted by molar-refractivity contribution is -0.377. The molecule has 0 saturated carbocycles. The maximum atomic E-state index is 10.3. The van der Waals surface area contributed by atoms with Crippen LogP contribution in [0.5, 0.6) is 10.4 Å². The van der Waals surface area contributed by atoms with Gasteiger partial charge in [-0.05, 0) is 61.5 Å². The molecule has 10 nitrogen and oxygen atoms in total. The Morgan fingerprint density at radius 3 is 1.30 bits per heavy atom. The normalized spacial score (nSPS) is 10.2. The van der Waals surface area contributed by atoms with Gasteiger partial charge in [0.2, 0.25) is 0 Å². The molecule has 0 saturated heterocycles. The zero-order valence-corrected chi connectivity index (χ0v) is 28.7. The number of aliphatic carboxylic acids is 2. The standard InChI is InChI=1S/2C11H9NO3S2.2C4H11N/c2*13-9(14)5-6-10(16)15-11-12-7-3-1-2-4-8(7)17-11;2*1-4(2)3-5/h2*1-4H,5-6H2,(H,13,14);2*4H,3,5H2,1-2H3. The second-order valence-electron chi connectivity index (χ2n) is 9.95. The largest absolute Gasteiger partial charge is 0.550 e. The van der Waals surface area contributed by atoms with Crippen LogP contribution >= 0.6 is 47.1 Å². The number of para-hydroxylation sites is 2. The van der Waals surface area contributed by atoms with Gasteiger partial charge >= 0.3 is 0 Å². The summed E-state index contributed by atoms with van der Waals surface area (Å²) in [6, 6.07) is 15.2. The van der Waals surface area contributed by atoms with Gasteiger partial charge < -0.3 is 40.7 Å². The molecule has 6 N–H and O–H groups in total. The van der Waals surface area contributed by atoms with Gasteiger partial charge in [0.1, 0.15) is 0 Å². The van der Waals surface area contributed by atoms with Gasteiger partial charge in [0.15, 0.2) is 10.1 Å². The van der Waals surface area contributed by atoms with Crippen LogP contribution in [0.3, 0.4) is 0 Å². The number of carboxylic acids is 2. The van der Waals surface area contributed by atoms with E-state index in [0.717, 1.165) is 45.4 Å². The van der Waals surface area contributed by atoms with Gasteiger partial charge in [0.05, 0.1) is 33.5 Å². The lowest BCUT2D eigenvalue weighted by Gasteiger charge is -2.03. The highest BCUT2D eigenvalue weighted by atomic mass is 32.1. The van der Waals surface area contributed by atoms with Crippen LogP contribution in [0.4, 0.5) is 0 Å². The first-order chi connectivity index (χ1) is 20.8. The third-order valence-corrected chi connectivity index (χ3v) is 7.58. The maximum Gasteiger partial charge on any atom is 0.280 e. The molecule has 0 spiro atoms. The zero-order chi connectivity index (χ0) is 33.1. The minimum absolute atomic E-state index is 0.135. The SMILES string of the molecule is CC(C)C[NH3+].CC(C)C[NH3+].O=C([O-])CCC(=S)Oc1nc2ccccc2s1.O=C([O-])CCC(=S)Oc1nc2ccccc2s1. The predicted molar refractivity (Wildman–Crippen MR) is 179 cm³/mol. The minimum Gasteiger partial charge on any atom is -0.550 e. The van der Waals surface area contributed by atoms with E-state index in [2.05, 4.69) is 49.1 Å². The number of benzene rings is 2. The van der Waals surface area contributed by atoms with E-state index >= 15 is 0 Å². The van der Waals surface area contributed by atoms with Crippen LogP contribution in [-0.4, -0.2) is 45.1 Å². The van der Waals surface area contributed by atoms with Gasteiger partial charge in [-0.25, -0.2) is 9.97 Å². The molecule has 2 aromatic carbocycles. The van der Waals surface area contributed by atoms with Crippen molar-refractivity contribution in [1.82, 2.24) is 9.97 Å². The van der Waals surface area contributed by atoms with Crippen LogP contribution in [0.1, 0.15) is 53.4 Å². The summed E-state index contributed by atoms with van der Waals surface area (Å²) in [5.41, 5.74) is 9.06. The van der Waals surface area contributed by atoms with Crippen molar-refractivity contribution in [2.75, 3.05) is 13.1 Å². The van der Waals surface area contributed by atoms with Crippen molar-refractivity contribution in [1.29, 1.82) is 0 Å². The number of hydrogen-bond donors (Lipinski definition) is 2. The van der Waals surface area contributed by atoms with Crippen molar-refractivity contribution in [3.63, 3.8) is 0 Å². The third-order valence-electron chi connectivity index (χ3n) is 5.17. The van der Waals surface area contributed by atoms with Gasteiger partial charge in [-0.15, -0.1) is 0 Å². The molecular formula is C30H40N4O6S4. The number of ether oxygens (including phenoxy) is 2. The van der Waals surface area contributed by atoms with E-state index in [-0.39, 0.29) is 35.8 Å². The third kappa shape index (κ3) is 17.2. The molecule has 4 rings (SSSR count). The van der Waals surface area contributed by atoms with Gasteiger partial charge in [0, 0.05) is 36.6 Å². The fraction of sp³-hybridized carbons (Fsp3) is 0.400. The van der Waals surface area contributed by atoms with E-state index in [0.29, 0.717) is 10.4 Å². The molecule has 14 heteroatoms. The number of rotatable bonds is 10. The lowest BCUT2D eigenvalue weighted by atomic mass is 10.2. The van der Waals surface area contributed by atoms with Crippen LogP contribution in [0.25, 0.3) is 20.4 Å². The summed E-state index contributed by atoms with van der Waals surface area (Å²) in [6.45, 7) is 10.8. The summed E-state index contributed by atoms with van der Waals surface area (Å²) in [6.07, 6.45) is 0.0502. The molecule has 0 bridgehead atoms. The molecule has 0 fully saturated rings. The van der Waals surface area contributed by atoms with Crippen molar-refractivity contribution >= 4 is 89.6 Å². The molecule has 0 aliphatic rings. The van der Waals surface area contributed by atoms with Crippen molar-refractivity contribution < 1.29 is 40.7 Å². The average Bonchev–Trinajstić information content (AvgIpc) is 3.58. The highest BCUT2D eigenvalue weighted by Crippen LogP contribution is 2.28. The molecule has 2 aromatic heterocycles. The molecule has 0 unspecified atom stereocenters. The molecule has 2 heterocycles. The number of aromatic nitrogens is 2. The van der Waals surface area contributed by atoms with Gasteiger partial charge in [0.25, 0.3) is 10.4 Å². The first kappa shape index (κ1) is 38.9. The average molecular weight is 681 g/mol. The van der Waals surface area contributed by atoms with Crippen LogP contribution < -0.4 is 31.2 Å². The number of carboxylic acid groups (broad SMARTS) is 2. The van der Waals surface area contributed by atoms with Crippen LogP contribution in [0, 0.1) is 11.8 Å². The minimum atomic E-state index is -1.14. The maximum absolute atomic E-state index is 10.3. The first-order valence-electron chi connectivity index (χ1n) is 13.9. The summed E-state index contributed by atoms with van der Waals surface area (Å²) in [5.74, 6) is -0.731. The fourth-order valence-corrected chi connectivity index (χ4v) is 4.64. The summed E-state index contributed by atoms with van der Waals surface area (Å²) in [4.78, 5) is 29.0. The molecule has 44 heavy (non-hydrogen) atoms. The lowest BCUT2D eigenvalue weighted by Crippen LogP contribution is -2.52. The van der Waals surface area contributed by atoms with Crippen molar-refractivity contribution in [2.45, 2.75) is 53.4 Å². The van der Waals surface area contributed by atoms with Crippen LogP contribution in [0.15, 0.2) is 48.5 Å². The Hall–Kier alpha value is -3.14. The van der Waals surface area contributed by atoms with Crippen molar-refractivity contribution in [2.24, 2.45) is 11.8 Å². The first-order valence-corrected chi connectivity index (χ1v) is 16.4. The van der Waals surface area contributed by atoms with Crippen LogP contribution in [0.2, 0.25) is 0 Å². The Bertz CT molecular complexity index is 1300. The van der Waals surface area contributed by atoms with E-state index in [9.17, 15) is 19.8 Å². The monoisotopic (exact) mass is 680 g/mol. The molecule has 0 atom stereocenters. The molecule has 0 radical (unpaired) electrons. The second-order valence-corrected chi connectivity index (χ2v) is 12.8. The smallest absolute Gasteiger partial charge is 0.280 e. The topological polar surface area (TPSA) is 180 Å². The second kappa shape index (κ2) is 21.5. The van der Waals surface area contributed by atoms with Crippen molar-refractivity contribution in [3.8, 4) is 10.4 Å². The zero-order valence-electron chi connectivity index (χ0n) is 25.4. The molecule has 240 valence electrons. The Morgan fingerprint density at radius 1 is 0.705 bits per heavy atom. The van der Waals surface area contributed by atoms with E-state index < -0.39 is 11.9 Å². The van der Waals surface area contributed by atoms with Crippen LogP contribution in [-0.2, 0) is 9.59 Å². The number of quaternary nitrogens is 2. The number of hydrogen-bond acceptors (Lipinski definition) is 12. The number of thiazole rings is 2.